The van der Waals surface area contributed by atoms with Gasteiger partial charge in [-0.2, -0.15) is 0 Å². The van der Waals surface area contributed by atoms with Crippen LogP contribution < -0.4 is 11.1 Å². The van der Waals surface area contributed by atoms with Gasteiger partial charge in [-0.25, -0.2) is 0 Å². The van der Waals surface area contributed by atoms with E-state index in [0.29, 0.717) is 19.5 Å². The summed E-state index contributed by atoms with van der Waals surface area (Å²) in [4.78, 5) is 13.5. The highest BCUT2D eigenvalue weighted by molar-refractivity contribution is 5.85. The quantitative estimate of drug-likeness (QED) is 0.839. The van der Waals surface area contributed by atoms with Crippen molar-refractivity contribution < 1.29 is 4.79 Å². The van der Waals surface area contributed by atoms with Gasteiger partial charge in [0.05, 0.1) is 6.04 Å². The highest BCUT2D eigenvalue weighted by Gasteiger charge is 2.14. The van der Waals surface area contributed by atoms with Crippen molar-refractivity contribution in [3.8, 4) is 0 Å². The molecule has 0 aliphatic heterocycles. The number of carbonyl (C=O) groups excluding carboxylic acids is 1. The molecule has 1 amide bonds. The molecule has 0 fully saturated rings. The van der Waals surface area contributed by atoms with E-state index >= 15 is 0 Å². The van der Waals surface area contributed by atoms with Crippen LogP contribution in [0, 0.1) is 0 Å². The van der Waals surface area contributed by atoms with Gasteiger partial charge in [-0.3, -0.25) is 4.79 Å². The molecule has 0 heterocycles. The molecule has 0 spiro atoms. The minimum Gasteiger partial charge on any atom is -0.354 e. The van der Waals surface area contributed by atoms with Crippen molar-refractivity contribution >= 4 is 30.7 Å². The summed E-state index contributed by atoms with van der Waals surface area (Å²) >= 11 is 0. The van der Waals surface area contributed by atoms with E-state index in [1.807, 2.05) is 32.3 Å². The Kier molecular flexibility index (Phi) is 11.9. The molecule has 110 valence electrons. The minimum absolute atomic E-state index is 0. The Labute approximate surface area is 127 Å². The van der Waals surface area contributed by atoms with Crippen molar-refractivity contribution in [3.63, 3.8) is 0 Å². The van der Waals surface area contributed by atoms with Gasteiger partial charge in [0.2, 0.25) is 5.91 Å². The molecule has 0 saturated carbocycles. The van der Waals surface area contributed by atoms with E-state index in [-0.39, 0.29) is 36.8 Å². The third-order valence-electron chi connectivity index (χ3n) is 2.67. The highest BCUT2D eigenvalue weighted by atomic mass is 35.5. The Morgan fingerprint density at radius 2 is 1.84 bits per heavy atom. The van der Waals surface area contributed by atoms with Gasteiger partial charge in [-0.1, -0.05) is 30.3 Å². The van der Waals surface area contributed by atoms with Crippen molar-refractivity contribution in [2.24, 2.45) is 5.73 Å². The average molecular weight is 308 g/mol. The van der Waals surface area contributed by atoms with E-state index in [2.05, 4.69) is 22.3 Å². The van der Waals surface area contributed by atoms with E-state index < -0.39 is 0 Å². The molecule has 0 bridgehead atoms. The minimum atomic E-state index is 0. The van der Waals surface area contributed by atoms with Gasteiger partial charge >= 0.3 is 0 Å². The van der Waals surface area contributed by atoms with Crippen molar-refractivity contribution in [1.29, 1.82) is 0 Å². The molecule has 1 atom stereocenters. The van der Waals surface area contributed by atoms with Gasteiger partial charge in [0.1, 0.15) is 0 Å². The normalized spacial score (nSPS) is 11.2. The van der Waals surface area contributed by atoms with Crippen molar-refractivity contribution in [3.05, 3.63) is 35.9 Å². The summed E-state index contributed by atoms with van der Waals surface area (Å²) in [6.45, 7) is 1.000. The lowest BCUT2D eigenvalue weighted by Gasteiger charge is -2.25. The maximum Gasteiger partial charge on any atom is 0.221 e. The maximum absolute atomic E-state index is 11.4. The Hall–Kier alpha value is -0.810. The molecule has 1 aromatic rings. The Morgan fingerprint density at radius 1 is 1.26 bits per heavy atom. The van der Waals surface area contributed by atoms with Crippen LogP contribution in [0.3, 0.4) is 0 Å². The molecule has 19 heavy (non-hydrogen) atoms. The van der Waals surface area contributed by atoms with Gasteiger partial charge in [-0.15, -0.1) is 24.8 Å². The predicted molar refractivity (Wildman–Crippen MR) is 84.0 cm³/mol. The van der Waals surface area contributed by atoms with Crippen LogP contribution in [0.5, 0.6) is 0 Å². The molecule has 1 unspecified atom stereocenters. The second kappa shape index (κ2) is 11.1. The molecule has 0 aromatic heterocycles. The monoisotopic (exact) mass is 307 g/mol. The Morgan fingerprint density at radius 3 is 2.32 bits per heavy atom. The second-order valence-corrected chi connectivity index (χ2v) is 4.23. The molecule has 1 aromatic carbocycles. The van der Waals surface area contributed by atoms with E-state index in [0.717, 1.165) is 0 Å². The molecule has 1 rings (SSSR count). The summed E-state index contributed by atoms with van der Waals surface area (Å²) in [6, 6.07) is 10.3. The first kappa shape index (κ1) is 20.5. The molecule has 0 aliphatic carbocycles. The summed E-state index contributed by atoms with van der Waals surface area (Å²) < 4.78 is 0. The van der Waals surface area contributed by atoms with Crippen LogP contribution in [0.25, 0.3) is 0 Å². The maximum atomic E-state index is 11.4. The Balaban J connectivity index is 0. The highest BCUT2D eigenvalue weighted by Crippen LogP contribution is 2.16. The van der Waals surface area contributed by atoms with Crippen molar-refractivity contribution in [2.75, 3.05) is 27.2 Å². The largest absolute Gasteiger partial charge is 0.354 e. The van der Waals surface area contributed by atoms with Crippen LogP contribution in [0.1, 0.15) is 18.0 Å². The number of hydrogen-bond donors (Lipinski definition) is 2. The van der Waals surface area contributed by atoms with Crippen LogP contribution in [-0.2, 0) is 4.79 Å². The lowest BCUT2D eigenvalue weighted by atomic mass is 10.1. The number of carbonyl (C=O) groups is 1. The van der Waals surface area contributed by atoms with Crippen LogP contribution in [0.4, 0.5) is 0 Å². The summed E-state index contributed by atoms with van der Waals surface area (Å²) in [7, 11) is 4.01. The number of nitrogens with zero attached hydrogens (tertiary/aromatic N) is 1. The lowest BCUT2D eigenvalue weighted by molar-refractivity contribution is -0.121. The number of rotatable bonds is 6. The van der Waals surface area contributed by atoms with Gasteiger partial charge in [0.25, 0.3) is 0 Å². The zero-order valence-electron chi connectivity index (χ0n) is 11.3. The molecular weight excluding hydrogens is 285 g/mol. The first-order valence-electron chi connectivity index (χ1n) is 5.83. The summed E-state index contributed by atoms with van der Waals surface area (Å²) in [6.07, 6.45) is 0.384. The fourth-order valence-corrected chi connectivity index (χ4v) is 1.70. The molecule has 0 aliphatic rings. The average Bonchev–Trinajstić information content (AvgIpc) is 2.30. The summed E-state index contributed by atoms with van der Waals surface area (Å²) in [5.74, 6) is 0.00952. The van der Waals surface area contributed by atoms with Crippen molar-refractivity contribution in [2.45, 2.75) is 12.5 Å². The standard InChI is InChI=1S/C13H21N3O.2ClH/c1-16(2)12(10-15-13(17)8-9-14)11-6-4-3-5-7-11;;/h3-7,12H,8-10,14H2,1-2H3,(H,15,17);2*1H. The first-order chi connectivity index (χ1) is 8.15. The van der Waals surface area contributed by atoms with Gasteiger partial charge in [0, 0.05) is 19.5 Å². The molecule has 4 nitrogen and oxygen atoms in total. The fraction of sp³-hybridized carbons (Fsp3) is 0.462. The zero-order chi connectivity index (χ0) is 12.7. The number of nitrogens with two attached hydrogens (primary N) is 1. The number of nitrogens with one attached hydrogen (secondary N) is 1. The smallest absolute Gasteiger partial charge is 0.221 e. The number of likely N-dealkylation sites (N-methyl/N-ethyl adjacent to an activating group) is 1. The summed E-state index contributed by atoms with van der Waals surface area (Å²) in [5.41, 5.74) is 6.54. The van der Waals surface area contributed by atoms with Crippen LogP contribution in [0.2, 0.25) is 0 Å². The number of hydrogen-bond acceptors (Lipinski definition) is 3. The van der Waals surface area contributed by atoms with Crippen LogP contribution >= 0.6 is 24.8 Å². The molecule has 0 saturated heterocycles. The fourth-order valence-electron chi connectivity index (χ4n) is 1.70. The predicted octanol–water partition coefficient (Wildman–Crippen LogP) is 1.60. The second-order valence-electron chi connectivity index (χ2n) is 4.23. The Bertz CT molecular complexity index is 347. The molecular formula is C13H23Cl2N3O. The van der Waals surface area contributed by atoms with Crippen molar-refractivity contribution in [1.82, 2.24) is 10.2 Å². The molecule has 0 radical (unpaired) electrons. The molecule has 6 heteroatoms. The third-order valence-corrected chi connectivity index (χ3v) is 2.67. The first-order valence-corrected chi connectivity index (χ1v) is 5.83. The van der Waals surface area contributed by atoms with E-state index in [1.54, 1.807) is 0 Å². The van der Waals surface area contributed by atoms with Crippen LogP contribution in [-0.4, -0.2) is 38.0 Å². The van der Waals surface area contributed by atoms with E-state index in [9.17, 15) is 4.79 Å². The lowest BCUT2D eigenvalue weighted by Crippen LogP contribution is -2.35. The zero-order valence-corrected chi connectivity index (χ0v) is 13.0. The van der Waals surface area contributed by atoms with Gasteiger partial charge in [-0.05, 0) is 19.7 Å². The number of benzene rings is 1. The number of halogens is 2. The SMILES string of the molecule is CN(C)C(CNC(=O)CCN)c1ccccc1.Cl.Cl. The summed E-state index contributed by atoms with van der Waals surface area (Å²) in [5, 5.41) is 2.90. The topological polar surface area (TPSA) is 58.4 Å². The van der Waals surface area contributed by atoms with E-state index in [4.69, 9.17) is 5.73 Å². The van der Waals surface area contributed by atoms with Gasteiger partial charge < -0.3 is 16.0 Å². The van der Waals surface area contributed by atoms with E-state index in [1.165, 1.54) is 5.56 Å². The number of amides is 1. The van der Waals surface area contributed by atoms with Crippen LogP contribution in [0.15, 0.2) is 30.3 Å². The molecule has 3 N–H and O–H groups in total. The third kappa shape index (κ3) is 7.38. The van der Waals surface area contributed by atoms with Gasteiger partial charge in [0.15, 0.2) is 0 Å².